The minimum atomic E-state index is -0.524. The van der Waals surface area contributed by atoms with Crippen LogP contribution < -0.4 is 5.73 Å². The summed E-state index contributed by atoms with van der Waals surface area (Å²) in [6.45, 7) is 0. The molecule has 3 heteroatoms. The summed E-state index contributed by atoms with van der Waals surface area (Å²) in [5.74, 6) is -1.05. The molecule has 1 nitrogen and oxygen atoms in total. The highest BCUT2D eigenvalue weighted by atomic mass is 19.1. The fraction of sp³-hybridized carbons (Fsp3) is 0.200. The average molecular weight is 245 g/mol. The van der Waals surface area contributed by atoms with E-state index in [9.17, 15) is 8.78 Å². The van der Waals surface area contributed by atoms with Crippen LogP contribution in [0.4, 0.5) is 8.78 Å². The van der Waals surface area contributed by atoms with E-state index < -0.39 is 11.6 Å². The van der Waals surface area contributed by atoms with Gasteiger partial charge in [-0.15, -0.1) is 0 Å². The van der Waals surface area contributed by atoms with E-state index in [1.165, 1.54) is 18.2 Å². The van der Waals surface area contributed by atoms with Gasteiger partial charge in [0.15, 0.2) is 0 Å². The van der Waals surface area contributed by atoms with E-state index in [2.05, 4.69) is 0 Å². The summed E-state index contributed by atoms with van der Waals surface area (Å²) in [6, 6.07) is 9.44. The molecule has 0 spiro atoms. The third kappa shape index (κ3) is 1.63. The van der Waals surface area contributed by atoms with Crippen LogP contribution in [0.2, 0.25) is 0 Å². The first-order valence-electron chi connectivity index (χ1n) is 6.00. The molecule has 2 aromatic rings. The van der Waals surface area contributed by atoms with Crippen LogP contribution in [0, 0.1) is 11.6 Å². The van der Waals surface area contributed by atoms with Gasteiger partial charge in [-0.25, -0.2) is 8.78 Å². The number of hydrogen-bond donors (Lipinski definition) is 1. The van der Waals surface area contributed by atoms with Crippen molar-refractivity contribution in [2.45, 2.75) is 18.9 Å². The molecule has 1 aliphatic carbocycles. The number of fused-ring (bicyclic) bond motifs is 1. The molecule has 0 saturated carbocycles. The lowest BCUT2D eigenvalue weighted by molar-refractivity contribution is 0.589. The number of nitrogens with two attached hydrogens (primary N) is 1. The molecule has 0 fully saturated rings. The van der Waals surface area contributed by atoms with E-state index in [1.54, 1.807) is 6.07 Å². The lowest BCUT2D eigenvalue weighted by Crippen LogP contribution is -2.05. The SMILES string of the molecule is NC1CCc2c(-c3c(F)cccc3F)cccc21. The minimum Gasteiger partial charge on any atom is -0.324 e. The molecule has 92 valence electrons. The van der Waals surface area contributed by atoms with Crippen molar-refractivity contribution >= 4 is 0 Å². The first kappa shape index (κ1) is 11.4. The zero-order valence-corrected chi connectivity index (χ0v) is 9.79. The van der Waals surface area contributed by atoms with E-state index in [4.69, 9.17) is 5.73 Å². The second-order valence-electron chi connectivity index (χ2n) is 4.62. The summed E-state index contributed by atoms with van der Waals surface area (Å²) in [5, 5.41) is 0. The first-order valence-corrected chi connectivity index (χ1v) is 6.00. The van der Waals surface area contributed by atoms with E-state index in [1.807, 2.05) is 12.1 Å². The van der Waals surface area contributed by atoms with Crippen LogP contribution in [0.25, 0.3) is 11.1 Å². The summed E-state index contributed by atoms with van der Waals surface area (Å²) in [7, 11) is 0. The fourth-order valence-electron chi connectivity index (χ4n) is 2.68. The standard InChI is InChI=1S/C15H13F2N/c16-12-5-2-6-13(17)15(12)11-4-1-3-10-9(11)7-8-14(10)18/h1-6,14H,7-8,18H2. The Bertz CT molecular complexity index is 587. The normalized spacial score (nSPS) is 17.8. The quantitative estimate of drug-likeness (QED) is 0.816. The topological polar surface area (TPSA) is 26.0 Å². The number of benzene rings is 2. The molecule has 0 saturated heterocycles. The average Bonchev–Trinajstić information content (AvgIpc) is 2.72. The summed E-state index contributed by atoms with van der Waals surface area (Å²) in [6.07, 6.45) is 1.61. The van der Waals surface area contributed by atoms with Crippen molar-refractivity contribution in [3.8, 4) is 11.1 Å². The second kappa shape index (κ2) is 4.18. The Kier molecular flexibility index (Phi) is 2.63. The van der Waals surface area contributed by atoms with Gasteiger partial charge in [0.25, 0.3) is 0 Å². The summed E-state index contributed by atoms with van der Waals surface area (Å²) in [4.78, 5) is 0. The molecular weight excluding hydrogens is 232 g/mol. The molecule has 1 atom stereocenters. The minimum absolute atomic E-state index is 0.0187. The second-order valence-corrected chi connectivity index (χ2v) is 4.62. The van der Waals surface area contributed by atoms with Crippen molar-refractivity contribution in [3.63, 3.8) is 0 Å². The maximum Gasteiger partial charge on any atom is 0.133 e. The highest BCUT2D eigenvalue weighted by Crippen LogP contribution is 2.38. The monoisotopic (exact) mass is 245 g/mol. The molecule has 18 heavy (non-hydrogen) atoms. The van der Waals surface area contributed by atoms with E-state index in [0.29, 0.717) is 5.56 Å². The van der Waals surface area contributed by atoms with Crippen molar-refractivity contribution in [1.82, 2.24) is 0 Å². The van der Waals surface area contributed by atoms with Gasteiger partial charge in [-0.2, -0.15) is 0 Å². The van der Waals surface area contributed by atoms with Crippen molar-refractivity contribution in [2.24, 2.45) is 5.73 Å². The Labute approximate surface area is 104 Å². The van der Waals surface area contributed by atoms with E-state index in [0.717, 1.165) is 24.0 Å². The molecule has 2 aromatic carbocycles. The van der Waals surface area contributed by atoms with Crippen molar-refractivity contribution < 1.29 is 8.78 Å². The molecule has 0 radical (unpaired) electrons. The Morgan fingerprint density at radius 2 is 1.67 bits per heavy atom. The molecule has 0 bridgehead atoms. The Morgan fingerprint density at radius 3 is 2.39 bits per heavy atom. The highest BCUT2D eigenvalue weighted by Gasteiger charge is 2.24. The van der Waals surface area contributed by atoms with Crippen LogP contribution >= 0.6 is 0 Å². The molecule has 1 unspecified atom stereocenters. The van der Waals surface area contributed by atoms with Crippen LogP contribution in [-0.2, 0) is 6.42 Å². The van der Waals surface area contributed by atoms with Gasteiger partial charge in [-0.05, 0) is 41.7 Å². The smallest absolute Gasteiger partial charge is 0.133 e. The predicted molar refractivity (Wildman–Crippen MR) is 67.0 cm³/mol. The van der Waals surface area contributed by atoms with E-state index >= 15 is 0 Å². The fourth-order valence-corrected chi connectivity index (χ4v) is 2.68. The van der Waals surface area contributed by atoms with Gasteiger partial charge in [-0.3, -0.25) is 0 Å². The van der Waals surface area contributed by atoms with Crippen LogP contribution in [-0.4, -0.2) is 0 Å². The number of hydrogen-bond acceptors (Lipinski definition) is 1. The first-order chi connectivity index (χ1) is 8.68. The molecular formula is C15H13F2N. The molecule has 0 aromatic heterocycles. The Balaban J connectivity index is 2.25. The van der Waals surface area contributed by atoms with Crippen molar-refractivity contribution in [3.05, 3.63) is 59.2 Å². The third-order valence-electron chi connectivity index (χ3n) is 3.55. The highest BCUT2D eigenvalue weighted by molar-refractivity contribution is 5.71. The van der Waals surface area contributed by atoms with E-state index in [-0.39, 0.29) is 11.6 Å². The van der Waals surface area contributed by atoms with Gasteiger partial charge in [0.1, 0.15) is 11.6 Å². The zero-order valence-electron chi connectivity index (χ0n) is 9.79. The third-order valence-corrected chi connectivity index (χ3v) is 3.55. The largest absolute Gasteiger partial charge is 0.324 e. The maximum atomic E-state index is 13.8. The van der Waals surface area contributed by atoms with Crippen LogP contribution in [0.15, 0.2) is 36.4 Å². The van der Waals surface area contributed by atoms with Gasteiger partial charge in [-0.1, -0.05) is 24.3 Å². The van der Waals surface area contributed by atoms with Gasteiger partial charge < -0.3 is 5.73 Å². The molecule has 2 N–H and O–H groups in total. The Morgan fingerprint density at radius 1 is 1.00 bits per heavy atom. The number of halogens is 2. The van der Waals surface area contributed by atoms with Gasteiger partial charge in [0.05, 0.1) is 5.56 Å². The summed E-state index contributed by atoms with van der Waals surface area (Å²) in [5.41, 5.74) is 8.67. The predicted octanol–water partition coefficient (Wildman–Crippen LogP) is 3.58. The van der Waals surface area contributed by atoms with Gasteiger partial charge >= 0.3 is 0 Å². The molecule has 0 aliphatic heterocycles. The molecule has 3 rings (SSSR count). The number of rotatable bonds is 1. The zero-order chi connectivity index (χ0) is 12.7. The molecule has 0 heterocycles. The van der Waals surface area contributed by atoms with Crippen LogP contribution in [0.5, 0.6) is 0 Å². The van der Waals surface area contributed by atoms with Crippen molar-refractivity contribution in [1.29, 1.82) is 0 Å². The molecule has 0 amide bonds. The summed E-state index contributed by atoms with van der Waals surface area (Å²) < 4.78 is 27.7. The summed E-state index contributed by atoms with van der Waals surface area (Å²) >= 11 is 0. The lowest BCUT2D eigenvalue weighted by atomic mass is 9.96. The van der Waals surface area contributed by atoms with Crippen molar-refractivity contribution in [2.75, 3.05) is 0 Å². The maximum absolute atomic E-state index is 13.8. The molecule has 1 aliphatic rings. The van der Waals surface area contributed by atoms with Gasteiger partial charge in [0.2, 0.25) is 0 Å². The van der Waals surface area contributed by atoms with Crippen LogP contribution in [0.3, 0.4) is 0 Å². The van der Waals surface area contributed by atoms with Gasteiger partial charge in [0, 0.05) is 6.04 Å². The van der Waals surface area contributed by atoms with Crippen LogP contribution in [0.1, 0.15) is 23.6 Å². The lowest BCUT2D eigenvalue weighted by Gasteiger charge is -2.11. The Hall–Kier alpha value is -1.74.